The molecule has 5 nitrogen and oxygen atoms in total. The molecule has 0 aliphatic heterocycles. The van der Waals surface area contributed by atoms with Crippen molar-refractivity contribution in [1.82, 2.24) is 10.3 Å². The monoisotopic (exact) mass is 242 g/mol. The van der Waals surface area contributed by atoms with Crippen LogP contribution in [0, 0.1) is 0 Å². The van der Waals surface area contributed by atoms with Crippen molar-refractivity contribution in [2.24, 2.45) is 0 Å². The fourth-order valence-corrected chi connectivity index (χ4v) is 1.35. The summed E-state index contributed by atoms with van der Waals surface area (Å²) in [6.45, 7) is 0. The van der Waals surface area contributed by atoms with Gasteiger partial charge in [-0.25, -0.2) is 4.98 Å². The summed E-state index contributed by atoms with van der Waals surface area (Å²) in [5.41, 5.74) is 0.955. The molecule has 0 bridgehead atoms. The Morgan fingerprint density at radius 2 is 2.06 bits per heavy atom. The van der Waals surface area contributed by atoms with Gasteiger partial charge in [0.2, 0.25) is 0 Å². The van der Waals surface area contributed by atoms with Gasteiger partial charge in [0.05, 0.1) is 11.9 Å². The molecule has 0 atom stereocenters. The van der Waals surface area contributed by atoms with E-state index in [0.717, 1.165) is 5.56 Å². The van der Waals surface area contributed by atoms with E-state index in [2.05, 4.69) is 10.3 Å². The fourth-order valence-electron chi connectivity index (χ4n) is 1.35. The lowest BCUT2D eigenvalue weighted by Crippen LogP contribution is -2.23. The van der Waals surface area contributed by atoms with E-state index >= 15 is 0 Å². The maximum absolute atomic E-state index is 11.6. The van der Waals surface area contributed by atoms with Gasteiger partial charge in [0, 0.05) is 0 Å². The minimum Gasteiger partial charge on any atom is -0.441 e. The van der Waals surface area contributed by atoms with Gasteiger partial charge in [0.15, 0.2) is 6.29 Å². The average molecular weight is 242 g/mol. The molecular weight excluding hydrogens is 232 g/mol. The molecule has 1 N–H and O–H groups in total. The third-order valence-corrected chi connectivity index (χ3v) is 2.13. The second-order valence-corrected chi connectivity index (χ2v) is 3.42. The van der Waals surface area contributed by atoms with E-state index in [1.165, 1.54) is 12.5 Å². The molecule has 0 saturated heterocycles. The molecule has 1 aromatic carbocycles. The first-order valence-electron chi connectivity index (χ1n) is 5.22. The number of nitrogens with zero attached hydrogens (tertiary/aromatic N) is 1. The quantitative estimate of drug-likeness (QED) is 0.653. The zero-order valence-electron chi connectivity index (χ0n) is 9.37. The lowest BCUT2D eigenvalue weighted by atomic mass is 10.2. The van der Waals surface area contributed by atoms with Gasteiger partial charge in [0.25, 0.3) is 5.89 Å². The summed E-state index contributed by atoms with van der Waals surface area (Å²) in [6.07, 6.45) is 4.77. The van der Waals surface area contributed by atoms with Crippen LogP contribution in [0.4, 0.5) is 0 Å². The average Bonchev–Trinajstić information content (AvgIpc) is 2.93. The number of oxazole rings is 1. The second kappa shape index (κ2) is 5.58. The summed E-state index contributed by atoms with van der Waals surface area (Å²) in [4.78, 5) is 26.2. The van der Waals surface area contributed by atoms with Gasteiger partial charge < -0.3 is 9.73 Å². The molecule has 0 aliphatic rings. The minimum atomic E-state index is -0.561. The summed E-state index contributed by atoms with van der Waals surface area (Å²) in [6, 6.07) is 9.18. The summed E-state index contributed by atoms with van der Waals surface area (Å²) < 4.78 is 4.82. The first-order chi connectivity index (χ1) is 8.79. The number of benzene rings is 1. The Kier molecular flexibility index (Phi) is 3.66. The molecule has 0 radical (unpaired) electrons. The lowest BCUT2D eigenvalue weighted by Gasteiger charge is -2.01. The van der Waals surface area contributed by atoms with Crippen molar-refractivity contribution in [3.63, 3.8) is 0 Å². The van der Waals surface area contributed by atoms with Crippen LogP contribution >= 0.6 is 0 Å². The summed E-state index contributed by atoms with van der Waals surface area (Å²) >= 11 is 0. The molecule has 0 saturated carbocycles. The van der Waals surface area contributed by atoms with Crippen molar-refractivity contribution in [2.75, 3.05) is 0 Å². The van der Waals surface area contributed by atoms with Crippen molar-refractivity contribution >= 4 is 18.3 Å². The van der Waals surface area contributed by atoms with E-state index < -0.39 is 5.91 Å². The Hall–Kier alpha value is -2.69. The van der Waals surface area contributed by atoms with Gasteiger partial charge in [-0.2, -0.15) is 0 Å². The maximum atomic E-state index is 11.6. The van der Waals surface area contributed by atoms with Gasteiger partial charge >= 0.3 is 5.91 Å². The van der Waals surface area contributed by atoms with Crippen LogP contribution in [0.25, 0.3) is 6.08 Å². The first-order valence-corrected chi connectivity index (χ1v) is 5.22. The zero-order chi connectivity index (χ0) is 12.8. The van der Waals surface area contributed by atoms with E-state index in [0.29, 0.717) is 6.29 Å². The largest absolute Gasteiger partial charge is 0.441 e. The van der Waals surface area contributed by atoms with Crippen LogP contribution < -0.4 is 5.32 Å². The van der Waals surface area contributed by atoms with Crippen LogP contribution in [0.1, 0.15) is 16.2 Å². The lowest BCUT2D eigenvalue weighted by molar-refractivity contribution is -0.105. The van der Waals surface area contributed by atoms with Crippen LogP contribution in [0.5, 0.6) is 0 Å². The molecule has 1 amide bonds. The number of carbonyl (C=O) groups excluding carboxylic acids is 2. The SMILES string of the molecule is O=C/C(=C\c1ccccc1)NC(=O)c1ncco1. The van der Waals surface area contributed by atoms with Crippen LogP contribution in [0.2, 0.25) is 0 Å². The molecule has 0 aliphatic carbocycles. The number of amides is 1. The van der Waals surface area contributed by atoms with E-state index in [-0.39, 0.29) is 11.6 Å². The normalized spacial score (nSPS) is 11.0. The number of hydrogen-bond donors (Lipinski definition) is 1. The fraction of sp³-hybridized carbons (Fsp3) is 0. The predicted molar refractivity (Wildman–Crippen MR) is 64.5 cm³/mol. The van der Waals surface area contributed by atoms with E-state index in [1.807, 2.05) is 30.3 Å². The molecule has 18 heavy (non-hydrogen) atoms. The molecule has 1 aromatic heterocycles. The van der Waals surface area contributed by atoms with E-state index in [1.54, 1.807) is 6.08 Å². The molecule has 0 fully saturated rings. The van der Waals surface area contributed by atoms with E-state index in [4.69, 9.17) is 4.42 Å². The molecular formula is C13H10N2O3. The van der Waals surface area contributed by atoms with Crippen LogP contribution in [-0.2, 0) is 4.79 Å². The van der Waals surface area contributed by atoms with Gasteiger partial charge in [-0.3, -0.25) is 9.59 Å². The summed E-state index contributed by atoms with van der Waals surface area (Å²) in [5, 5.41) is 2.42. The summed E-state index contributed by atoms with van der Waals surface area (Å²) in [7, 11) is 0. The van der Waals surface area contributed by atoms with Gasteiger partial charge in [-0.1, -0.05) is 30.3 Å². The number of nitrogens with one attached hydrogen (secondary N) is 1. The number of rotatable bonds is 4. The van der Waals surface area contributed by atoms with Crippen LogP contribution in [0.3, 0.4) is 0 Å². The van der Waals surface area contributed by atoms with Gasteiger partial charge in [-0.15, -0.1) is 0 Å². The number of allylic oxidation sites excluding steroid dienone is 1. The van der Waals surface area contributed by atoms with Crippen molar-refractivity contribution in [3.05, 3.63) is 59.9 Å². The van der Waals surface area contributed by atoms with Crippen molar-refractivity contribution < 1.29 is 14.0 Å². The van der Waals surface area contributed by atoms with E-state index in [9.17, 15) is 9.59 Å². The Balaban J connectivity index is 2.13. The molecule has 0 spiro atoms. The van der Waals surface area contributed by atoms with Crippen molar-refractivity contribution in [2.45, 2.75) is 0 Å². The predicted octanol–water partition coefficient (Wildman–Crippen LogP) is 1.64. The molecule has 0 unspecified atom stereocenters. The van der Waals surface area contributed by atoms with Crippen LogP contribution in [0.15, 0.2) is 52.9 Å². The molecule has 2 rings (SSSR count). The first kappa shape index (κ1) is 11.8. The third kappa shape index (κ3) is 2.91. The third-order valence-electron chi connectivity index (χ3n) is 2.13. The standard InChI is InChI=1S/C13H10N2O3/c16-9-11(8-10-4-2-1-3-5-10)15-12(17)13-14-6-7-18-13/h1-9H,(H,15,17)/b11-8+. The number of aromatic nitrogens is 1. The second-order valence-electron chi connectivity index (χ2n) is 3.42. The number of hydrogen-bond acceptors (Lipinski definition) is 4. The smallest absolute Gasteiger partial charge is 0.311 e. The Morgan fingerprint density at radius 3 is 2.67 bits per heavy atom. The highest BCUT2D eigenvalue weighted by Crippen LogP contribution is 2.04. The van der Waals surface area contributed by atoms with Crippen molar-refractivity contribution in [3.8, 4) is 0 Å². The highest BCUT2D eigenvalue weighted by molar-refractivity contribution is 5.96. The topological polar surface area (TPSA) is 72.2 Å². The molecule has 2 aromatic rings. The Labute approximate surface area is 103 Å². The molecule has 90 valence electrons. The molecule has 1 heterocycles. The number of carbonyl (C=O) groups is 2. The van der Waals surface area contributed by atoms with Gasteiger partial charge in [-0.05, 0) is 11.6 Å². The van der Waals surface area contributed by atoms with Crippen LogP contribution in [-0.4, -0.2) is 17.2 Å². The van der Waals surface area contributed by atoms with Gasteiger partial charge in [0.1, 0.15) is 6.26 Å². The molecule has 5 heteroatoms. The highest BCUT2D eigenvalue weighted by Gasteiger charge is 2.11. The Bertz CT molecular complexity index is 559. The Morgan fingerprint density at radius 1 is 1.28 bits per heavy atom. The number of aldehydes is 1. The highest BCUT2D eigenvalue weighted by atomic mass is 16.3. The zero-order valence-corrected chi connectivity index (χ0v) is 9.37. The minimum absolute atomic E-state index is 0.0872. The maximum Gasteiger partial charge on any atom is 0.311 e. The summed E-state index contributed by atoms with van der Waals surface area (Å²) in [5.74, 6) is -0.648. The van der Waals surface area contributed by atoms with Crippen molar-refractivity contribution in [1.29, 1.82) is 0 Å².